The number of aliphatic hydroxyl groups excluding tert-OH is 1. The minimum atomic E-state index is -0.0658. The Morgan fingerprint density at radius 3 is 2.56 bits per heavy atom. The summed E-state index contributed by atoms with van der Waals surface area (Å²) in [6.45, 7) is 2.15. The molecule has 1 aliphatic rings. The topological polar surface area (TPSA) is 25.2 Å². The lowest BCUT2D eigenvalue weighted by Crippen LogP contribution is -2.16. The minimum absolute atomic E-state index is 0.0658. The highest BCUT2D eigenvalue weighted by Gasteiger charge is 2.21. The molecule has 3 rings (SSSR count). The highest BCUT2D eigenvalue weighted by atomic mass is 16.3. The molecule has 0 bridgehead atoms. The van der Waals surface area contributed by atoms with Gasteiger partial charge in [0.1, 0.15) is 0 Å². The van der Waals surface area contributed by atoms with Crippen LogP contribution < -0.4 is 0 Å². The molecule has 0 spiro atoms. The van der Waals surface area contributed by atoms with Crippen molar-refractivity contribution >= 4 is 10.9 Å². The molecule has 0 saturated heterocycles. The maximum absolute atomic E-state index is 9.58. The summed E-state index contributed by atoms with van der Waals surface area (Å²) in [6.07, 6.45) is 4.09. The average molecular weight is 243 g/mol. The van der Waals surface area contributed by atoms with Crippen molar-refractivity contribution in [1.29, 1.82) is 0 Å². The number of aliphatic hydroxyl groups is 1. The van der Waals surface area contributed by atoms with Crippen molar-refractivity contribution in [2.45, 2.75) is 44.6 Å². The first kappa shape index (κ1) is 11.8. The van der Waals surface area contributed by atoms with Crippen LogP contribution in [0.5, 0.6) is 0 Å². The van der Waals surface area contributed by atoms with E-state index in [0.717, 1.165) is 25.7 Å². The lowest BCUT2D eigenvalue weighted by atomic mass is 9.82. The molecule has 1 saturated carbocycles. The van der Waals surface area contributed by atoms with Crippen LogP contribution in [-0.4, -0.2) is 15.8 Å². The molecule has 1 heterocycles. The zero-order chi connectivity index (χ0) is 12.7. The van der Waals surface area contributed by atoms with Gasteiger partial charge in [-0.25, -0.2) is 0 Å². The molecule has 1 aromatic heterocycles. The van der Waals surface area contributed by atoms with Gasteiger partial charge < -0.3 is 9.67 Å². The number of fused-ring (bicyclic) bond motifs is 1. The van der Waals surface area contributed by atoms with Gasteiger partial charge in [-0.2, -0.15) is 0 Å². The van der Waals surface area contributed by atoms with Crippen LogP contribution in [-0.2, 0) is 7.05 Å². The molecule has 0 radical (unpaired) electrons. The van der Waals surface area contributed by atoms with E-state index in [-0.39, 0.29) is 6.10 Å². The first-order chi connectivity index (χ1) is 8.65. The number of aryl methyl sites for hydroxylation is 2. The van der Waals surface area contributed by atoms with E-state index < -0.39 is 0 Å². The summed E-state index contributed by atoms with van der Waals surface area (Å²) in [4.78, 5) is 0. The fourth-order valence-electron chi connectivity index (χ4n) is 3.17. The molecule has 1 aromatic carbocycles. The van der Waals surface area contributed by atoms with E-state index in [2.05, 4.69) is 42.8 Å². The third-order valence-electron chi connectivity index (χ3n) is 4.47. The first-order valence-corrected chi connectivity index (χ1v) is 6.89. The average Bonchev–Trinajstić information content (AvgIpc) is 2.65. The van der Waals surface area contributed by atoms with Crippen molar-refractivity contribution in [2.75, 3.05) is 0 Å². The molecular formula is C16H21NO. The van der Waals surface area contributed by atoms with E-state index in [4.69, 9.17) is 0 Å². The van der Waals surface area contributed by atoms with Gasteiger partial charge in [0, 0.05) is 23.6 Å². The molecule has 18 heavy (non-hydrogen) atoms. The second-order valence-corrected chi connectivity index (χ2v) is 5.67. The number of hydrogen-bond donors (Lipinski definition) is 1. The fraction of sp³-hybridized carbons (Fsp3) is 0.500. The van der Waals surface area contributed by atoms with Crippen LogP contribution in [0.3, 0.4) is 0 Å². The van der Waals surface area contributed by atoms with Gasteiger partial charge in [0.2, 0.25) is 0 Å². The van der Waals surface area contributed by atoms with Crippen molar-refractivity contribution in [3.8, 4) is 0 Å². The third kappa shape index (κ3) is 1.95. The van der Waals surface area contributed by atoms with Crippen molar-refractivity contribution in [1.82, 2.24) is 4.57 Å². The molecule has 1 N–H and O–H groups in total. The third-order valence-corrected chi connectivity index (χ3v) is 4.47. The number of benzene rings is 1. The van der Waals surface area contributed by atoms with E-state index in [1.165, 1.54) is 22.2 Å². The molecule has 1 fully saturated rings. The predicted molar refractivity (Wildman–Crippen MR) is 74.9 cm³/mol. The number of rotatable bonds is 1. The SMILES string of the molecule is Cc1cc2cc(C3CCC(O)CC3)ccc2n1C. The van der Waals surface area contributed by atoms with Crippen LogP contribution in [0.1, 0.15) is 42.9 Å². The fourth-order valence-corrected chi connectivity index (χ4v) is 3.17. The lowest BCUT2D eigenvalue weighted by Gasteiger charge is -2.25. The Balaban J connectivity index is 1.93. The zero-order valence-electron chi connectivity index (χ0n) is 11.2. The van der Waals surface area contributed by atoms with E-state index in [9.17, 15) is 5.11 Å². The van der Waals surface area contributed by atoms with Crippen molar-refractivity contribution < 1.29 is 5.11 Å². The van der Waals surface area contributed by atoms with Crippen LogP contribution in [0.25, 0.3) is 10.9 Å². The summed E-state index contributed by atoms with van der Waals surface area (Å²) in [7, 11) is 2.12. The van der Waals surface area contributed by atoms with Gasteiger partial charge in [0.25, 0.3) is 0 Å². The molecule has 0 amide bonds. The first-order valence-electron chi connectivity index (χ1n) is 6.89. The van der Waals surface area contributed by atoms with Crippen LogP contribution in [0.4, 0.5) is 0 Å². The molecule has 0 unspecified atom stereocenters. The molecule has 2 aromatic rings. The van der Waals surface area contributed by atoms with Gasteiger partial charge in [0.15, 0.2) is 0 Å². The van der Waals surface area contributed by atoms with Gasteiger partial charge in [-0.3, -0.25) is 0 Å². The highest BCUT2D eigenvalue weighted by Crippen LogP contribution is 2.34. The minimum Gasteiger partial charge on any atom is -0.393 e. The van der Waals surface area contributed by atoms with Crippen LogP contribution in [0.15, 0.2) is 24.3 Å². The number of nitrogens with zero attached hydrogens (tertiary/aromatic N) is 1. The van der Waals surface area contributed by atoms with Crippen molar-refractivity contribution in [3.05, 3.63) is 35.5 Å². The molecule has 2 nitrogen and oxygen atoms in total. The largest absolute Gasteiger partial charge is 0.393 e. The van der Waals surface area contributed by atoms with E-state index >= 15 is 0 Å². The lowest BCUT2D eigenvalue weighted by molar-refractivity contribution is 0.122. The predicted octanol–water partition coefficient (Wildman–Crippen LogP) is 3.51. The highest BCUT2D eigenvalue weighted by molar-refractivity contribution is 5.82. The number of aromatic nitrogens is 1. The Bertz CT molecular complexity index is 562. The monoisotopic (exact) mass is 243 g/mol. The van der Waals surface area contributed by atoms with Crippen molar-refractivity contribution in [3.63, 3.8) is 0 Å². The summed E-state index contributed by atoms with van der Waals surface area (Å²) in [5.74, 6) is 0.637. The summed E-state index contributed by atoms with van der Waals surface area (Å²) in [5, 5.41) is 10.9. The van der Waals surface area contributed by atoms with Crippen molar-refractivity contribution in [2.24, 2.45) is 7.05 Å². The van der Waals surface area contributed by atoms with Crippen LogP contribution >= 0.6 is 0 Å². The molecule has 1 aliphatic carbocycles. The van der Waals surface area contributed by atoms with E-state index in [1.54, 1.807) is 0 Å². The van der Waals surface area contributed by atoms with Gasteiger partial charge in [-0.15, -0.1) is 0 Å². The van der Waals surface area contributed by atoms with Crippen LogP contribution in [0, 0.1) is 6.92 Å². The normalized spacial score (nSPS) is 24.6. The summed E-state index contributed by atoms with van der Waals surface area (Å²) in [6, 6.07) is 9.11. The number of hydrogen-bond acceptors (Lipinski definition) is 1. The maximum atomic E-state index is 9.58. The van der Waals surface area contributed by atoms with E-state index in [1.807, 2.05) is 0 Å². The second-order valence-electron chi connectivity index (χ2n) is 5.67. The van der Waals surface area contributed by atoms with Gasteiger partial charge in [0.05, 0.1) is 6.10 Å². The second kappa shape index (κ2) is 4.43. The molecule has 2 heteroatoms. The Morgan fingerprint density at radius 1 is 1.11 bits per heavy atom. The van der Waals surface area contributed by atoms with Gasteiger partial charge >= 0.3 is 0 Å². The standard InChI is InChI=1S/C16H21NO/c1-11-9-14-10-13(5-8-16(14)17(11)2)12-3-6-15(18)7-4-12/h5,8-10,12,15,18H,3-4,6-7H2,1-2H3. The molecule has 0 atom stereocenters. The molecular weight excluding hydrogens is 222 g/mol. The molecule has 0 aliphatic heterocycles. The van der Waals surface area contributed by atoms with E-state index in [0.29, 0.717) is 5.92 Å². The summed E-state index contributed by atoms with van der Waals surface area (Å²) in [5.41, 5.74) is 4.06. The Kier molecular flexibility index (Phi) is 2.90. The van der Waals surface area contributed by atoms with Gasteiger partial charge in [-0.05, 0) is 62.3 Å². The summed E-state index contributed by atoms with van der Waals surface area (Å²) < 4.78 is 2.24. The maximum Gasteiger partial charge on any atom is 0.0540 e. The Labute approximate surface area is 108 Å². The quantitative estimate of drug-likeness (QED) is 0.814. The Hall–Kier alpha value is -1.28. The zero-order valence-corrected chi connectivity index (χ0v) is 11.2. The van der Waals surface area contributed by atoms with Crippen LogP contribution in [0.2, 0.25) is 0 Å². The Morgan fingerprint density at radius 2 is 1.83 bits per heavy atom. The molecule has 96 valence electrons. The smallest absolute Gasteiger partial charge is 0.0540 e. The summed E-state index contributed by atoms with van der Waals surface area (Å²) >= 11 is 0. The van der Waals surface area contributed by atoms with Gasteiger partial charge in [-0.1, -0.05) is 6.07 Å².